The first-order valence-electron chi connectivity index (χ1n) is 10.3. The van der Waals surface area contributed by atoms with Crippen molar-refractivity contribution in [1.82, 2.24) is 0 Å². The molecular weight excluding hydrogens is 446 g/mol. The van der Waals surface area contributed by atoms with Gasteiger partial charge in [0, 0.05) is 28.4 Å². The molecule has 0 atom stereocenters. The van der Waals surface area contributed by atoms with Crippen LogP contribution in [0.25, 0.3) is 0 Å². The molecule has 3 aromatic rings. The lowest BCUT2D eigenvalue weighted by Gasteiger charge is -2.10. The van der Waals surface area contributed by atoms with Gasteiger partial charge in [-0.15, -0.1) is 0 Å². The van der Waals surface area contributed by atoms with Crippen LogP contribution in [0, 0.1) is 0 Å². The van der Waals surface area contributed by atoms with Crippen molar-refractivity contribution in [3.63, 3.8) is 0 Å². The van der Waals surface area contributed by atoms with Gasteiger partial charge in [-0.25, -0.2) is 8.42 Å². The van der Waals surface area contributed by atoms with E-state index in [4.69, 9.17) is 23.8 Å². The summed E-state index contributed by atoms with van der Waals surface area (Å²) >= 11 is 11.4. The fraction of sp³-hybridized carbons (Fsp3) is 0.240. The molecule has 0 unspecified atom stereocenters. The summed E-state index contributed by atoms with van der Waals surface area (Å²) in [6.07, 6.45) is 4.89. The molecule has 0 bridgehead atoms. The summed E-state index contributed by atoms with van der Waals surface area (Å²) in [6.45, 7) is 2.20. The lowest BCUT2D eigenvalue weighted by atomic mass is 10.0. The monoisotopic (exact) mass is 471 g/mol. The second-order valence-corrected chi connectivity index (χ2v) is 10.3. The molecule has 31 heavy (non-hydrogen) atoms. The molecule has 6 heteroatoms. The maximum atomic E-state index is 12.6. The number of thiocarbonyl (C=S) groups is 1. The fourth-order valence-corrected chi connectivity index (χ4v) is 4.76. The van der Waals surface area contributed by atoms with Crippen LogP contribution in [0.15, 0.2) is 77.7 Å². The Kier molecular flexibility index (Phi) is 8.24. The van der Waals surface area contributed by atoms with E-state index in [1.807, 2.05) is 12.1 Å². The number of halogens is 1. The van der Waals surface area contributed by atoms with Gasteiger partial charge < -0.3 is 0 Å². The second kappa shape index (κ2) is 10.9. The van der Waals surface area contributed by atoms with Crippen molar-refractivity contribution >= 4 is 44.4 Å². The summed E-state index contributed by atoms with van der Waals surface area (Å²) in [5.74, 6) is 0. The van der Waals surface area contributed by atoms with E-state index in [2.05, 4.69) is 35.9 Å². The van der Waals surface area contributed by atoms with Crippen molar-refractivity contribution in [2.75, 3.05) is 4.72 Å². The largest absolute Gasteiger partial charge is 0.280 e. The zero-order valence-electron chi connectivity index (χ0n) is 17.5. The standard InChI is InChI=1S/C25H26ClNO2S2/c1-2-3-4-19-5-7-20(8-6-19)17-24(30)18-21-9-15-25(16-10-21)31(28,29)27-23-13-11-22(26)12-14-23/h5-16,27H,2-4,17-18H2,1H3. The summed E-state index contributed by atoms with van der Waals surface area (Å²) in [7, 11) is -3.66. The quantitative estimate of drug-likeness (QED) is 0.337. The topological polar surface area (TPSA) is 46.2 Å². The third kappa shape index (κ3) is 7.17. The predicted molar refractivity (Wildman–Crippen MR) is 134 cm³/mol. The van der Waals surface area contributed by atoms with Gasteiger partial charge in [0.2, 0.25) is 0 Å². The van der Waals surface area contributed by atoms with Crippen molar-refractivity contribution in [2.45, 2.75) is 43.9 Å². The van der Waals surface area contributed by atoms with E-state index < -0.39 is 10.0 Å². The maximum Gasteiger partial charge on any atom is 0.261 e. The lowest BCUT2D eigenvalue weighted by molar-refractivity contribution is 0.601. The molecule has 0 fully saturated rings. The molecule has 0 aromatic heterocycles. The Balaban J connectivity index is 1.58. The minimum atomic E-state index is -3.66. The first-order chi connectivity index (χ1) is 14.9. The molecule has 0 aliphatic heterocycles. The highest BCUT2D eigenvalue weighted by Crippen LogP contribution is 2.19. The van der Waals surface area contributed by atoms with Gasteiger partial charge in [0.1, 0.15) is 0 Å². The molecule has 0 aliphatic carbocycles. The Bertz CT molecular complexity index is 1110. The zero-order valence-corrected chi connectivity index (χ0v) is 19.9. The van der Waals surface area contributed by atoms with Gasteiger partial charge in [0.15, 0.2) is 0 Å². The molecule has 3 rings (SSSR count). The van der Waals surface area contributed by atoms with E-state index in [-0.39, 0.29) is 4.90 Å². The highest BCUT2D eigenvalue weighted by atomic mass is 35.5. The van der Waals surface area contributed by atoms with E-state index in [0.717, 1.165) is 23.3 Å². The fourth-order valence-electron chi connectivity index (χ4n) is 3.24. The zero-order chi connectivity index (χ0) is 22.3. The maximum absolute atomic E-state index is 12.6. The third-order valence-electron chi connectivity index (χ3n) is 4.97. The van der Waals surface area contributed by atoms with Crippen molar-refractivity contribution in [1.29, 1.82) is 0 Å². The Morgan fingerprint density at radius 3 is 1.90 bits per heavy atom. The minimum Gasteiger partial charge on any atom is -0.280 e. The van der Waals surface area contributed by atoms with Crippen LogP contribution in [0.2, 0.25) is 5.02 Å². The average molecular weight is 472 g/mol. The summed E-state index contributed by atoms with van der Waals surface area (Å²) in [6, 6.07) is 22.0. The first kappa shape index (κ1) is 23.5. The lowest BCUT2D eigenvalue weighted by Crippen LogP contribution is -2.13. The summed E-state index contributed by atoms with van der Waals surface area (Å²) in [4.78, 5) is 1.14. The highest BCUT2D eigenvalue weighted by molar-refractivity contribution is 7.92. The Hall–Kier alpha value is -2.21. The van der Waals surface area contributed by atoms with E-state index in [1.54, 1.807) is 36.4 Å². The molecular formula is C25H26ClNO2S2. The highest BCUT2D eigenvalue weighted by Gasteiger charge is 2.14. The number of aryl methyl sites for hydroxylation is 1. The van der Waals surface area contributed by atoms with Gasteiger partial charge in [0.05, 0.1) is 4.90 Å². The molecule has 1 N–H and O–H groups in total. The summed E-state index contributed by atoms with van der Waals surface area (Å²) in [5.41, 5.74) is 4.03. The first-order valence-corrected chi connectivity index (χ1v) is 12.6. The van der Waals surface area contributed by atoms with Crippen LogP contribution in [0.3, 0.4) is 0 Å². The van der Waals surface area contributed by atoms with Crippen LogP contribution in [-0.2, 0) is 29.3 Å². The van der Waals surface area contributed by atoms with Crippen LogP contribution in [0.4, 0.5) is 5.69 Å². The van der Waals surface area contributed by atoms with E-state index in [9.17, 15) is 8.42 Å². The number of hydrogen-bond donors (Lipinski definition) is 1. The van der Waals surface area contributed by atoms with Gasteiger partial charge in [-0.3, -0.25) is 4.72 Å². The Morgan fingerprint density at radius 1 is 0.839 bits per heavy atom. The number of rotatable bonds is 10. The number of unbranched alkanes of at least 4 members (excludes halogenated alkanes) is 1. The van der Waals surface area contributed by atoms with E-state index in [0.29, 0.717) is 17.1 Å². The van der Waals surface area contributed by atoms with Gasteiger partial charge in [-0.2, -0.15) is 0 Å². The molecule has 0 amide bonds. The average Bonchev–Trinajstić information content (AvgIpc) is 2.75. The molecule has 0 heterocycles. The second-order valence-electron chi connectivity index (χ2n) is 7.57. The molecule has 0 radical (unpaired) electrons. The van der Waals surface area contributed by atoms with Crippen LogP contribution < -0.4 is 4.72 Å². The van der Waals surface area contributed by atoms with Gasteiger partial charge in [0.25, 0.3) is 10.0 Å². The van der Waals surface area contributed by atoms with Crippen LogP contribution in [0.1, 0.15) is 36.5 Å². The molecule has 0 spiro atoms. The SMILES string of the molecule is CCCCc1ccc(CC(=S)Cc2ccc(S(=O)(=O)Nc3ccc(Cl)cc3)cc2)cc1. The predicted octanol–water partition coefficient (Wildman–Crippen LogP) is 6.64. The summed E-state index contributed by atoms with van der Waals surface area (Å²) < 4.78 is 27.7. The van der Waals surface area contributed by atoms with Crippen LogP contribution in [-0.4, -0.2) is 13.3 Å². The molecule has 0 saturated heterocycles. The molecule has 162 valence electrons. The van der Waals surface area contributed by atoms with E-state index >= 15 is 0 Å². The molecule has 3 nitrogen and oxygen atoms in total. The number of nitrogens with one attached hydrogen (secondary N) is 1. The van der Waals surface area contributed by atoms with Gasteiger partial charge in [-0.1, -0.05) is 73.6 Å². The summed E-state index contributed by atoms with van der Waals surface area (Å²) in [5, 5.41) is 0.552. The normalized spacial score (nSPS) is 11.3. The number of anilines is 1. The Labute approximate surface area is 195 Å². The Morgan fingerprint density at radius 2 is 1.35 bits per heavy atom. The number of hydrogen-bond acceptors (Lipinski definition) is 3. The van der Waals surface area contributed by atoms with Crippen molar-refractivity contribution in [3.8, 4) is 0 Å². The van der Waals surface area contributed by atoms with Gasteiger partial charge in [-0.05, 0) is 65.9 Å². The number of benzene rings is 3. The molecule has 3 aromatic carbocycles. The van der Waals surface area contributed by atoms with Gasteiger partial charge >= 0.3 is 0 Å². The van der Waals surface area contributed by atoms with Crippen molar-refractivity contribution < 1.29 is 8.42 Å². The third-order valence-corrected chi connectivity index (χ3v) is 6.91. The van der Waals surface area contributed by atoms with Crippen LogP contribution >= 0.6 is 23.8 Å². The number of sulfonamides is 1. The smallest absolute Gasteiger partial charge is 0.261 e. The van der Waals surface area contributed by atoms with E-state index in [1.165, 1.54) is 24.0 Å². The van der Waals surface area contributed by atoms with Crippen molar-refractivity contribution in [3.05, 3.63) is 94.5 Å². The van der Waals surface area contributed by atoms with Crippen molar-refractivity contribution in [2.24, 2.45) is 0 Å². The minimum absolute atomic E-state index is 0.208. The molecule has 0 saturated carbocycles. The van der Waals surface area contributed by atoms with Crippen LogP contribution in [0.5, 0.6) is 0 Å². The molecule has 0 aliphatic rings.